The van der Waals surface area contributed by atoms with Gasteiger partial charge in [0.2, 0.25) is 0 Å². The number of hydrogen-bond donors (Lipinski definition) is 1. The Morgan fingerprint density at radius 1 is 1.35 bits per heavy atom. The Hall–Kier alpha value is -1.39. The number of hydrogen-bond acceptors (Lipinski definition) is 3. The summed E-state index contributed by atoms with van der Waals surface area (Å²) in [5, 5.41) is 3.81. The first kappa shape index (κ1) is 15.0. The van der Waals surface area contributed by atoms with Crippen molar-refractivity contribution in [1.82, 2.24) is 10.3 Å². The Morgan fingerprint density at radius 2 is 2.10 bits per heavy atom. The molecule has 0 aliphatic carbocycles. The van der Waals surface area contributed by atoms with E-state index < -0.39 is 0 Å². The average molecular weight is 297 g/mol. The zero-order chi connectivity index (χ0) is 14.8. The molecule has 0 bridgehead atoms. The molecule has 0 unspecified atom stereocenters. The quantitative estimate of drug-likeness (QED) is 0.924. The van der Waals surface area contributed by atoms with Gasteiger partial charge in [-0.1, -0.05) is 11.6 Å². The van der Waals surface area contributed by atoms with E-state index in [4.69, 9.17) is 16.0 Å². The van der Waals surface area contributed by atoms with Crippen LogP contribution in [-0.2, 0) is 6.42 Å². The van der Waals surface area contributed by atoms with Gasteiger partial charge in [0.25, 0.3) is 0 Å². The van der Waals surface area contributed by atoms with Gasteiger partial charge >= 0.3 is 0 Å². The molecule has 0 spiro atoms. The van der Waals surface area contributed by atoms with Crippen molar-refractivity contribution < 1.29 is 8.81 Å². The minimum atomic E-state index is -0.370. The highest BCUT2D eigenvalue weighted by Gasteiger charge is 2.13. The van der Waals surface area contributed by atoms with Crippen LogP contribution in [0.2, 0.25) is 5.02 Å². The number of rotatable bonds is 4. The second kappa shape index (κ2) is 5.94. The van der Waals surface area contributed by atoms with Crippen LogP contribution in [0.3, 0.4) is 0 Å². The molecule has 0 aliphatic rings. The lowest BCUT2D eigenvalue weighted by Gasteiger charge is -2.19. The van der Waals surface area contributed by atoms with Crippen LogP contribution in [-0.4, -0.2) is 17.1 Å². The molecule has 1 heterocycles. The largest absolute Gasteiger partial charge is 0.441 e. The van der Waals surface area contributed by atoms with Crippen molar-refractivity contribution in [2.75, 3.05) is 6.54 Å². The van der Waals surface area contributed by atoms with E-state index in [-0.39, 0.29) is 11.4 Å². The summed E-state index contributed by atoms with van der Waals surface area (Å²) in [5.41, 5.74) is 0.383. The Bertz CT molecular complexity index is 590. The SMILES string of the molecule is CC(C)(C)NCCc1ncc(-c2cc(Cl)ccc2F)o1. The molecule has 108 valence electrons. The molecular weight excluding hydrogens is 279 g/mol. The lowest BCUT2D eigenvalue weighted by atomic mass is 10.1. The lowest BCUT2D eigenvalue weighted by Crippen LogP contribution is -2.37. The summed E-state index contributed by atoms with van der Waals surface area (Å²) < 4.78 is 19.3. The monoisotopic (exact) mass is 296 g/mol. The normalized spacial score (nSPS) is 11.8. The fraction of sp³-hybridized carbons (Fsp3) is 0.400. The molecule has 0 saturated carbocycles. The predicted octanol–water partition coefficient (Wildman–Crippen LogP) is 4.06. The van der Waals surface area contributed by atoms with Crippen molar-refractivity contribution >= 4 is 11.6 Å². The molecule has 0 saturated heterocycles. The molecule has 0 amide bonds. The minimum Gasteiger partial charge on any atom is -0.441 e. The van der Waals surface area contributed by atoms with Crippen LogP contribution in [0.25, 0.3) is 11.3 Å². The smallest absolute Gasteiger partial charge is 0.196 e. The van der Waals surface area contributed by atoms with Crippen molar-refractivity contribution in [3.05, 3.63) is 41.1 Å². The van der Waals surface area contributed by atoms with Crippen molar-refractivity contribution in [2.45, 2.75) is 32.7 Å². The van der Waals surface area contributed by atoms with Gasteiger partial charge in [0.15, 0.2) is 11.7 Å². The highest BCUT2D eigenvalue weighted by Crippen LogP contribution is 2.26. The number of aromatic nitrogens is 1. The van der Waals surface area contributed by atoms with E-state index in [2.05, 4.69) is 31.1 Å². The van der Waals surface area contributed by atoms with Gasteiger partial charge in [0.1, 0.15) is 5.82 Å². The van der Waals surface area contributed by atoms with Crippen LogP contribution >= 0.6 is 11.6 Å². The maximum Gasteiger partial charge on any atom is 0.196 e. The molecule has 0 fully saturated rings. The van der Waals surface area contributed by atoms with Gasteiger partial charge in [-0.15, -0.1) is 0 Å². The van der Waals surface area contributed by atoms with E-state index in [9.17, 15) is 4.39 Å². The molecule has 0 atom stereocenters. The van der Waals surface area contributed by atoms with Crippen LogP contribution in [0, 0.1) is 5.82 Å². The first-order valence-corrected chi connectivity index (χ1v) is 6.88. The zero-order valence-corrected chi connectivity index (χ0v) is 12.6. The van der Waals surface area contributed by atoms with Gasteiger partial charge in [0, 0.05) is 23.5 Å². The summed E-state index contributed by atoms with van der Waals surface area (Å²) in [7, 11) is 0. The van der Waals surface area contributed by atoms with Gasteiger partial charge in [-0.3, -0.25) is 0 Å². The second-order valence-corrected chi connectivity index (χ2v) is 6.11. The van der Waals surface area contributed by atoms with E-state index in [1.54, 1.807) is 0 Å². The van der Waals surface area contributed by atoms with Crippen LogP contribution in [0.1, 0.15) is 26.7 Å². The Morgan fingerprint density at radius 3 is 2.80 bits per heavy atom. The third-order valence-corrected chi connectivity index (χ3v) is 2.98. The first-order chi connectivity index (χ1) is 9.35. The average Bonchev–Trinajstić information content (AvgIpc) is 2.79. The lowest BCUT2D eigenvalue weighted by molar-refractivity contribution is 0.411. The van der Waals surface area contributed by atoms with Gasteiger partial charge in [0.05, 0.1) is 11.8 Å². The summed E-state index contributed by atoms with van der Waals surface area (Å²) in [5.74, 6) is 0.608. The fourth-order valence-electron chi connectivity index (χ4n) is 1.78. The van der Waals surface area contributed by atoms with Gasteiger partial charge in [-0.25, -0.2) is 9.37 Å². The molecule has 1 N–H and O–H groups in total. The van der Waals surface area contributed by atoms with E-state index in [1.807, 2.05) is 0 Å². The van der Waals surface area contributed by atoms with Crippen molar-refractivity contribution in [2.24, 2.45) is 0 Å². The third kappa shape index (κ3) is 4.05. The summed E-state index contributed by atoms with van der Waals surface area (Å²) >= 11 is 5.87. The van der Waals surface area contributed by atoms with Crippen LogP contribution in [0.4, 0.5) is 4.39 Å². The number of nitrogens with one attached hydrogen (secondary N) is 1. The number of halogens is 2. The molecule has 1 aromatic heterocycles. The summed E-state index contributed by atoms with van der Waals surface area (Å²) in [6, 6.07) is 4.36. The van der Waals surface area contributed by atoms with E-state index >= 15 is 0 Å². The third-order valence-electron chi connectivity index (χ3n) is 2.74. The standard InChI is InChI=1S/C15H18ClFN2O/c1-15(2,3)19-7-6-14-18-9-13(20-14)11-8-10(16)4-5-12(11)17/h4-5,8-9,19H,6-7H2,1-3H3. The zero-order valence-electron chi connectivity index (χ0n) is 11.8. The van der Waals surface area contributed by atoms with Gasteiger partial charge < -0.3 is 9.73 Å². The summed E-state index contributed by atoms with van der Waals surface area (Å²) in [6.07, 6.45) is 2.18. The Labute approximate surface area is 123 Å². The molecule has 2 rings (SSSR count). The number of nitrogens with zero attached hydrogens (tertiary/aromatic N) is 1. The fourth-order valence-corrected chi connectivity index (χ4v) is 1.95. The molecule has 0 radical (unpaired) electrons. The maximum absolute atomic E-state index is 13.7. The van der Waals surface area contributed by atoms with E-state index in [0.717, 1.165) is 6.54 Å². The van der Waals surface area contributed by atoms with Crippen molar-refractivity contribution in [3.8, 4) is 11.3 Å². The highest BCUT2D eigenvalue weighted by molar-refractivity contribution is 6.30. The second-order valence-electron chi connectivity index (χ2n) is 5.67. The number of benzene rings is 1. The topological polar surface area (TPSA) is 38.1 Å². The van der Waals surface area contributed by atoms with E-state index in [0.29, 0.717) is 28.7 Å². The molecule has 20 heavy (non-hydrogen) atoms. The molecule has 0 aliphatic heterocycles. The van der Waals surface area contributed by atoms with Crippen molar-refractivity contribution in [3.63, 3.8) is 0 Å². The van der Waals surface area contributed by atoms with Crippen molar-refractivity contribution in [1.29, 1.82) is 0 Å². The molecule has 2 aromatic rings. The first-order valence-electron chi connectivity index (χ1n) is 6.50. The summed E-state index contributed by atoms with van der Waals surface area (Å²) in [6.45, 7) is 7.03. The molecular formula is C15H18ClFN2O. The Balaban J connectivity index is 2.07. The molecule has 5 heteroatoms. The van der Waals surface area contributed by atoms with Gasteiger partial charge in [-0.2, -0.15) is 0 Å². The van der Waals surface area contributed by atoms with E-state index in [1.165, 1.54) is 24.4 Å². The van der Waals surface area contributed by atoms with Crippen LogP contribution in [0.15, 0.2) is 28.8 Å². The van der Waals surface area contributed by atoms with Gasteiger partial charge in [-0.05, 0) is 39.0 Å². The minimum absolute atomic E-state index is 0.0501. The maximum atomic E-state index is 13.7. The van der Waals surface area contributed by atoms with Crippen LogP contribution in [0.5, 0.6) is 0 Å². The Kier molecular flexibility index (Phi) is 4.45. The molecule has 1 aromatic carbocycles. The molecule has 3 nitrogen and oxygen atoms in total. The highest BCUT2D eigenvalue weighted by atomic mass is 35.5. The van der Waals surface area contributed by atoms with Crippen LogP contribution < -0.4 is 5.32 Å². The number of oxazole rings is 1. The summed E-state index contributed by atoms with van der Waals surface area (Å²) in [4.78, 5) is 4.17. The predicted molar refractivity (Wildman–Crippen MR) is 78.4 cm³/mol.